The van der Waals surface area contributed by atoms with Gasteiger partial charge in [0.15, 0.2) is 6.61 Å². The van der Waals surface area contributed by atoms with Crippen LogP contribution in [0.25, 0.3) is 0 Å². The van der Waals surface area contributed by atoms with E-state index in [1.807, 2.05) is 31.2 Å². The van der Waals surface area contributed by atoms with Crippen molar-refractivity contribution in [3.63, 3.8) is 0 Å². The molecule has 0 aliphatic heterocycles. The molecule has 6 heteroatoms. The molecule has 0 aliphatic carbocycles. The van der Waals surface area contributed by atoms with E-state index in [0.29, 0.717) is 17.9 Å². The van der Waals surface area contributed by atoms with Crippen LogP contribution >= 0.6 is 0 Å². The smallest absolute Gasteiger partial charge is 0.261 e. The summed E-state index contributed by atoms with van der Waals surface area (Å²) in [7, 11) is 0. The Kier molecular flexibility index (Phi) is 9.32. The predicted octanol–water partition coefficient (Wildman–Crippen LogP) is 4.10. The van der Waals surface area contributed by atoms with Gasteiger partial charge in [-0.3, -0.25) is 9.59 Å². The van der Waals surface area contributed by atoms with Gasteiger partial charge in [0.25, 0.3) is 5.91 Å². The molecule has 0 aliphatic rings. The summed E-state index contributed by atoms with van der Waals surface area (Å²) in [5.74, 6) is -0.479. The van der Waals surface area contributed by atoms with Crippen LogP contribution in [-0.4, -0.2) is 35.9 Å². The standard InChI is InChI=1S/C24H31FN2O3/c1-4-6-15-26-24(29)18(3)27(16-20-9-7-8-10-22(20)25)23(28)17-30-21-13-11-19(5-2)12-14-21/h7-14,18H,4-6,15-17H2,1-3H3,(H,26,29)/t18-/m1/s1. The highest BCUT2D eigenvalue weighted by molar-refractivity contribution is 5.87. The molecular weight excluding hydrogens is 383 g/mol. The molecular formula is C24H31FN2O3. The number of unbranched alkanes of at least 4 members (excludes halogenated alkanes) is 1. The number of ether oxygens (including phenoxy) is 1. The lowest BCUT2D eigenvalue weighted by Gasteiger charge is -2.29. The van der Waals surface area contributed by atoms with Crippen molar-refractivity contribution in [1.82, 2.24) is 10.2 Å². The van der Waals surface area contributed by atoms with E-state index in [2.05, 4.69) is 12.2 Å². The average molecular weight is 415 g/mol. The van der Waals surface area contributed by atoms with Crippen molar-refractivity contribution in [3.8, 4) is 5.75 Å². The van der Waals surface area contributed by atoms with Gasteiger partial charge in [-0.1, -0.05) is 50.6 Å². The summed E-state index contributed by atoms with van der Waals surface area (Å²) < 4.78 is 19.8. The fourth-order valence-electron chi connectivity index (χ4n) is 2.98. The quantitative estimate of drug-likeness (QED) is 0.563. The van der Waals surface area contributed by atoms with Crippen molar-refractivity contribution in [2.24, 2.45) is 0 Å². The van der Waals surface area contributed by atoms with E-state index in [0.717, 1.165) is 19.3 Å². The maximum Gasteiger partial charge on any atom is 0.261 e. The van der Waals surface area contributed by atoms with E-state index >= 15 is 0 Å². The minimum absolute atomic E-state index is 0.00793. The fraction of sp³-hybridized carbons (Fsp3) is 0.417. The fourth-order valence-corrected chi connectivity index (χ4v) is 2.98. The first-order valence-corrected chi connectivity index (χ1v) is 10.5. The Balaban J connectivity index is 2.10. The molecule has 0 bridgehead atoms. The van der Waals surface area contributed by atoms with Gasteiger partial charge < -0.3 is 15.0 Å². The number of carbonyl (C=O) groups is 2. The zero-order valence-corrected chi connectivity index (χ0v) is 18.0. The summed E-state index contributed by atoms with van der Waals surface area (Å²) in [5.41, 5.74) is 1.53. The Morgan fingerprint density at radius 3 is 2.43 bits per heavy atom. The van der Waals surface area contributed by atoms with Gasteiger partial charge in [0, 0.05) is 18.7 Å². The van der Waals surface area contributed by atoms with Gasteiger partial charge in [-0.2, -0.15) is 0 Å². The van der Waals surface area contributed by atoms with Crippen molar-refractivity contribution in [2.75, 3.05) is 13.2 Å². The zero-order chi connectivity index (χ0) is 21.9. The highest BCUT2D eigenvalue weighted by atomic mass is 19.1. The van der Waals surface area contributed by atoms with Gasteiger partial charge in [0.1, 0.15) is 17.6 Å². The molecule has 162 valence electrons. The molecule has 0 unspecified atom stereocenters. The number of aryl methyl sites for hydroxylation is 1. The van der Waals surface area contributed by atoms with Crippen molar-refractivity contribution < 1.29 is 18.7 Å². The monoisotopic (exact) mass is 414 g/mol. The molecule has 0 saturated carbocycles. The molecule has 0 heterocycles. The lowest BCUT2D eigenvalue weighted by Crippen LogP contribution is -2.49. The van der Waals surface area contributed by atoms with Crippen molar-refractivity contribution in [3.05, 3.63) is 65.5 Å². The predicted molar refractivity (Wildman–Crippen MR) is 116 cm³/mol. The summed E-state index contributed by atoms with van der Waals surface area (Å²) in [6.07, 6.45) is 2.73. The van der Waals surface area contributed by atoms with E-state index in [1.165, 1.54) is 16.5 Å². The summed E-state index contributed by atoms with van der Waals surface area (Å²) in [5, 5.41) is 2.84. The Morgan fingerprint density at radius 2 is 1.80 bits per heavy atom. The number of hydrogen-bond donors (Lipinski definition) is 1. The van der Waals surface area contributed by atoms with Crippen molar-refractivity contribution >= 4 is 11.8 Å². The average Bonchev–Trinajstić information content (AvgIpc) is 2.77. The number of amides is 2. The van der Waals surface area contributed by atoms with Crippen LogP contribution in [0.4, 0.5) is 4.39 Å². The molecule has 2 aromatic carbocycles. The summed E-state index contributed by atoms with van der Waals surface area (Å²) in [4.78, 5) is 26.8. The molecule has 2 aromatic rings. The number of hydrogen-bond acceptors (Lipinski definition) is 3. The molecule has 1 N–H and O–H groups in total. The van der Waals surface area contributed by atoms with Crippen LogP contribution in [0.1, 0.15) is 44.7 Å². The molecule has 2 rings (SSSR count). The molecule has 1 atom stereocenters. The Hall–Kier alpha value is -2.89. The number of halogens is 1. The first kappa shape index (κ1) is 23.4. The lowest BCUT2D eigenvalue weighted by atomic mass is 10.1. The minimum Gasteiger partial charge on any atom is -0.484 e. The maximum atomic E-state index is 14.2. The second kappa shape index (κ2) is 12.0. The number of rotatable bonds is 11. The van der Waals surface area contributed by atoms with Gasteiger partial charge in [-0.25, -0.2) is 4.39 Å². The van der Waals surface area contributed by atoms with Gasteiger partial charge in [-0.15, -0.1) is 0 Å². The van der Waals surface area contributed by atoms with Crippen LogP contribution < -0.4 is 10.1 Å². The Labute approximate surface area is 178 Å². The molecule has 5 nitrogen and oxygen atoms in total. The highest BCUT2D eigenvalue weighted by Crippen LogP contribution is 2.16. The van der Waals surface area contributed by atoms with E-state index in [1.54, 1.807) is 25.1 Å². The molecule has 2 amide bonds. The molecule has 0 saturated heterocycles. The maximum absolute atomic E-state index is 14.2. The van der Waals surface area contributed by atoms with Crippen LogP contribution in [0.2, 0.25) is 0 Å². The van der Waals surface area contributed by atoms with Crippen LogP contribution in [0.15, 0.2) is 48.5 Å². The Morgan fingerprint density at radius 1 is 1.10 bits per heavy atom. The Bertz CT molecular complexity index is 823. The summed E-state index contributed by atoms with van der Waals surface area (Å²) in [6.45, 7) is 6.05. The van der Waals surface area contributed by atoms with Crippen LogP contribution in [0, 0.1) is 5.82 Å². The van der Waals surface area contributed by atoms with Gasteiger partial charge in [0.05, 0.1) is 0 Å². The molecule has 0 aromatic heterocycles. The number of nitrogens with zero attached hydrogens (tertiary/aromatic N) is 1. The third-order valence-corrected chi connectivity index (χ3v) is 4.99. The van der Waals surface area contributed by atoms with Gasteiger partial charge >= 0.3 is 0 Å². The van der Waals surface area contributed by atoms with Crippen molar-refractivity contribution in [1.29, 1.82) is 0 Å². The molecule has 0 spiro atoms. The molecule has 0 fully saturated rings. The van der Waals surface area contributed by atoms with Crippen molar-refractivity contribution in [2.45, 2.75) is 52.6 Å². The van der Waals surface area contributed by atoms with E-state index in [4.69, 9.17) is 4.74 Å². The first-order valence-electron chi connectivity index (χ1n) is 10.5. The normalized spacial score (nSPS) is 11.6. The molecule has 30 heavy (non-hydrogen) atoms. The second-order valence-electron chi connectivity index (χ2n) is 7.22. The largest absolute Gasteiger partial charge is 0.484 e. The van der Waals surface area contributed by atoms with Crippen LogP contribution in [-0.2, 0) is 22.6 Å². The minimum atomic E-state index is -0.750. The first-order chi connectivity index (χ1) is 14.5. The SMILES string of the molecule is CCCCNC(=O)[C@@H](C)N(Cc1ccccc1F)C(=O)COc1ccc(CC)cc1. The number of carbonyl (C=O) groups excluding carboxylic acids is 2. The zero-order valence-electron chi connectivity index (χ0n) is 18.0. The molecule has 0 radical (unpaired) electrons. The van der Waals surface area contributed by atoms with E-state index < -0.39 is 11.9 Å². The highest BCUT2D eigenvalue weighted by Gasteiger charge is 2.27. The third-order valence-electron chi connectivity index (χ3n) is 4.99. The van der Waals surface area contributed by atoms with Crippen LogP contribution in [0.5, 0.6) is 5.75 Å². The van der Waals surface area contributed by atoms with E-state index in [-0.39, 0.29) is 25.0 Å². The lowest BCUT2D eigenvalue weighted by molar-refractivity contribution is -0.142. The van der Waals surface area contributed by atoms with E-state index in [9.17, 15) is 14.0 Å². The summed E-state index contributed by atoms with van der Waals surface area (Å²) >= 11 is 0. The topological polar surface area (TPSA) is 58.6 Å². The number of benzene rings is 2. The number of nitrogens with one attached hydrogen (secondary N) is 1. The van der Waals surface area contributed by atoms with Gasteiger partial charge in [-0.05, 0) is 43.5 Å². The van der Waals surface area contributed by atoms with Gasteiger partial charge in [0.2, 0.25) is 5.91 Å². The summed E-state index contributed by atoms with van der Waals surface area (Å²) in [6, 6.07) is 13.0. The third kappa shape index (κ3) is 6.87. The van der Waals surface area contributed by atoms with Crippen LogP contribution in [0.3, 0.4) is 0 Å². The second-order valence-corrected chi connectivity index (χ2v) is 7.22.